The Balaban J connectivity index is 1.62. The zero-order chi connectivity index (χ0) is 24.1. The van der Waals surface area contributed by atoms with Crippen LogP contribution in [0.15, 0.2) is 109 Å². The van der Waals surface area contributed by atoms with Gasteiger partial charge in [-0.1, -0.05) is 78.9 Å². The van der Waals surface area contributed by atoms with Crippen molar-refractivity contribution in [3.05, 3.63) is 109 Å². The van der Waals surface area contributed by atoms with Crippen LogP contribution >= 0.6 is 0 Å². The summed E-state index contributed by atoms with van der Waals surface area (Å²) in [5, 5.41) is 14.6. The summed E-state index contributed by atoms with van der Waals surface area (Å²) in [6.45, 7) is 0. The van der Waals surface area contributed by atoms with Gasteiger partial charge in [0.15, 0.2) is 0 Å². The maximum absolute atomic E-state index is 9.23. The van der Waals surface area contributed by atoms with Crippen LogP contribution in [0.3, 0.4) is 0 Å². The van der Waals surface area contributed by atoms with Crippen LogP contribution in [-0.2, 0) is 0 Å². The molecule has 0 aliphatic heterocycles. The van der Waals surface area contributed by atoms with E-state index in [1.807, 2.05) is 66.7 Å². The lowest BCUT2D eigenvalue weighted by molar-refractivity contribution is 0.454. The molecule has 2 heterocycles. The molecule has 7 aromatic rings. The second kappa shape index (κ2) is 8.22. The number of nitrogens with zero attached hydrogens (tertiary/aromatic N) is 3. The molecule has 36 heavy (non-hydrogen) atoms. The molecule has 0 saturated heterocycles. The summed E-state index contributed by atoms with van der Waals surface area (Å²) in [6.07, 6.45) is 0. The van der Waals surface area contributed by atoms with Crippen molar-refractivity contribution in [3.8, 4) is 23.0 Å². The van der Waals surface area contributed by atoms with E-state index in [1.165, 1.54) is 0 Å². The van der Waals surface area contributed by atoms with Crippen LogP contribution in [0.2, 0.25) is 0 Å². The molecular formula is C30H19BN3O2. The lowest BCUT2D eigenvalue weighted by Crippen LogP contribution is -2.03. The second-order valence-corrected chi connectivity index (χ2v) is 8.67. The molecule has 0 spiro atoms. The first-order valence-electron chi connectivity index (χ1n) is 11.7. The largest absolute Gasteiger partial charge is 0.569 e. The topological polar surface area (TPSA) is 60.2 Å². The van der Waals surface area contributed by atoms with Gasteiger partial charge >= 0.3 is 7.69 Å². The van der Waals surface area contributed by atoms with Crippen LogP contribution in [0.25, 0.3) is 60.7 Å². The highest BCUT2D eigenvalue weighted by atomic mass is 16.5. The van der Waals surface area contributed by atoms with Gasteiger partial charge in [-0.3, -0.25) is 4.57 Å². The lowest BCUT2D eigenvalue weighted by atomic mass is 10.0. The van der Waals surface area contributed by atoms with Crippen LogP contribution in [-0.4, -0.2) is 27.2 Å². The van der Waals surface area contributed by atoms with Gasteiger partial charge in [-0.25, -0.2) is 9.97 Å². The third-order valence-corrected chi connectivity index (χ3v) is 6.65. The van der Waals surface area contributed by atoms with Gasteiger partial charge in [0.2, 0.25) is 5.95 Å². The monoisotopic (exact) mass is 464 g/mol. The Morgan fingerprint density at radius 3 is 2.28 bits per heavy atom. The quantitative estimate of drug-likeness (QED) is 0.304. The smallest absolute Gasteiger partial charge is 0.537 e. The fourth-order valence-electron chi connectivity index (χ4n) is 5.10. The highest BCUT2D eigenvalue weighted by molar-refractivity contribution is 6.22. The lowest BCUT2D eigenvalue weighted by Gasteiger charge is -2.12. The maximum atomic E-state index is 9.23. The number of hydrogen-bond acceptors (Lipinski definition) is 4. The SMILES string of the molecule is O[B]Oc1ccc2c(c1)c1c3ccccc3ccc1n2-c1nc(-c2ccccc2)c2ccccc2n1. The summed E-state index contributed by atoms with van der Waals surface area (Å²) in [5.74, 6) is 1.16. The molecule has 0 bridgehead atoms. The van der Waals surface area contributed by atoms with Gasteiger partial charge in [0.05, 0.1) is 22.2 Å². The van der Waals surface area contributed by atoms with E-state index < -0.39 is 0 Å². The summed E-state index contributed by atoms with van der Waals surface area (Å²) in [6, 6.07) is 36.7. The Labute approximate surface area is 207 Å². The summed E-state index contributed by atoms with van der Waals surface area (Å²) in [7, 11) is 0.705. The second-order valence-electron chi connectivity index (χ2n) is 8.67. The molecule has 0 amide bonds. The molecule has 169 valence electrons. The van der Waals surface area contributed by atoms with Crippen LogP contribution in [0.4, 0.5) is 0 Å². The molecule has 0 aliphatic carbocycles. The molecule has 6 heteroatoms. The van der Waals surface area contributed by atoms with Crippen molar-refractivity contribution in [3.63, 3.8) is 0 Å². The van der Waals surface area contributed by atoms with E-state index >= 15 is 0 Å². The van der Waals surface area contributed by atoms with Gasteiger partial charge in [0.1, 0.15) is 5.75 Å². The Morgan fingerprint density at radius 1 is 0.667 bits per heavy atom. The fourth-order valence-corrected chi connectivity index (χ4v) is 5.10. The Hall–Kier alpha value is -4.68. The molecular weight excluding hydrogens is 445 g/mol. The van der Waals surface area contributed by atoms with Gasteiger partial charge in [0, 0.05) is 21.7 Å². The first-order valence-corrected chi connectivity index (χ1v) is 11.7. The minimum absolute atomic E-state index is 0.557. The normalized spacial score (nSPS) is 11.5. The third kappa shape index (κ3) is 3.16. The van der Waals surface area contributed by atoms with E-state index in [4.69, 9.17) is 14.6 Å². The summed E-state index contributed by atoms with van der Waals surface area (Å²) in [4.78, 5) is 10.1. The molecule has 0 aliphatic rings. The molecule has 0 unspecified atom stereocenters. The van der Waals surface area contributed by atoms with Crippen LogP contribution < -0.4 is 4.65 Å². The van der Waals surface area contributed by atoms with E-state index in [9.17, 15) is 5.02 Å². The van der Waals surface area contributed by atoms with E-state index in [2.05, 4.69) is 47.0 Å². The van der Waals surface area contributed by atoms with Gasteiger partial charge in [-0.2, -0.15) is 0 Å². The molecule has 0 saturated carbocycles. The maximum Gasteiger partial charge on any atom is 0.569 e. The van der Waals surface area contributed by atoms with Gasteiger partial charge in [0.25, 0.3) is 0 Å². The van der Waals surface area contributed by atoms with Crippen molar-refractivity contribution in [1.29, 1.82) is 0 Å². The minimum Gasteiger partial charge on any atom is -0.537 e. The molecule has 2 aromatic heterocycles. The average molecular weight is 464 g/mol. The van der Waals surface area contributed by atoms with Gasteiger partial charge in [-0.15, -0.1) is 0 Å². The predicted molar refractivity (Wildman–Crippen MR) is 145 cm³/mol. The number of para-hydroxylation sites is 1. The fraction of sp³-hybridized carbons (Fsp3) is 0. The molecule has 7 rings (SSSR count). The zero-order valence-electron chi connectivity index (χ0n) is 19.2. The molecule has 5 nitrogen and oxygen atoms in total. The van der Waals surface area contributed by atoms with Crippen molar-refractivity contribution >= 4 is 51.2 Å². The Bertz CT molecular complexity index is 1920. The van der Waals surface area contributed by atoms with Crippen LogP contribution in [0, 0.1) is 0 Å². The highest BCUT2D eigenvalue weighted by Crippen LogP contribution is 2.38. The van der Waals surface area contributed by atoms with Crippen molar-refractivity contribution in [2.24, 2.45) is 0 Å². The average Bonchev–Trinajstić information content (AvgIpc) is 3.27. The van der Waals surface area contributed by atoms with Crippen LogP contribution in [0.5, 0.6) is 5.75 Å². The van der Waals surface area contributed by atoms with Crippen molar-refractivity contribution in [2.45, 2.75) is 0 Å². The number of fused-ring (bicyclic) bond motifs is 6. The van der Waals surface area contributed by atoms with Crippen LogP contribution in [0.1, 0.15) is 0 Å². The molecule has 5 aromatic carbocycles. The predicted octanol–water partition coefficient (Wildman–Crippen LogP) is 6.45. The molecule has 0 fully saturated rings. The number of aromatic nitrogens is 3. The van der Waals surface area contributed by atoms with Crippen molar-refractivity contribution in [1.82, 2.24) is 14.5 Å². The van der Waals surface area contributed by atoms with Gasteiger partial charge < -0.3 is 9.68 Å². The third-order valence-electron chi connectivity index (χ3n) is 6.65. The number of benzene rings is 5. The summed E-state index contributed by atoms with van der Waals surface area (Å²) < 4.78 is 7.43. The zero-order valence-corrected chi connectivity index (χ0v) is 19.2. The van der Waals surface area contributed by atoms with E-state index in [0.29, 0.717) is 19.4 Å². The summed E-state index contributed by atoms with van der Waals surface area (Å²) in [5.41, 5.74) is 4.77. The molecule has 1 radical (unpaired) electrons. The number of hydrogen-bond donors (Lipinski definition) is 1. The Morgan fingerprint density at radius 2 is 1.42 bits per heavy atom. The van der Waals surface area contributed by atoms with E-state index in [0.717, 1.165) is 54.7 Å². The highest BCUT2D eigenvalue weighted by Gasteiger charge is 2.19. The Kier molecular flexibility index (Phi) is 4.72. The standard InChI is InChI=1S/C30H19BN3O2/c35-31-36-21-15-17-26-24(18-21)28-22-11-5-4-8-19(22)14-16-27(28)34(26)30-32-25-13-7-6-12-23(25)29(33-30)20-9-2-1-3-10-20/h1-18,35H. The van der Waals surface area contributed by atoms with Gasteiger partial charge in [-0.05, 0) is 41.1 Å². The molecule has 0 atom stereocenters. The number of rotatable bonds is 4. The minimum atomic E-state index is 0.557. The van der Waals surface area contributed by atoms with E-state index in [1.54, 1.807) is 0 Å². The van der Waals surface area contributed by atoms with Crippen molar-refractivity contribution in [2.75, 3.05) is 0 Å². The van der Waals surface area contributed by atoms with E-state index in [-0.39, 0.29) is 0 Å². The summed E-state index contributed by atoms with van der Waals surface area (Å²) >= 11 is 0. The first-order chi connectivity index (χ1) is 17.8. The first kappa shape index (κ1) is 20.7. The van der Waals surface area contributed by atoms with Crippen molar-refractivity contribution < 1.29 is 9.68 Å². The molecule has 1 N–H and O–H groups in total.